The third-order valence-electron chi connectivity index (χ3n) is 2.83. The average Bonchev–Trinajstić information content (AvgIpc) is 2.96. The van der Waals surface area contributed by atoms with Gasteiger partial charge in [0.15, 0.2) is 23.3 Å². The Labute approximate surface area is 116 Å². The molecule has 0 fully saturated rings. The van der Waals surface area contributed by atoms with Crippen LogP contribution in [0.15, 0.2) is 42.7 Å². The molecule has 3 rings (SSSR count). The van der Waals surface area contributed by atoms with Gasteiger partial charge in [-0.05, 0) is 18.2 Å². The molecular formula is C14H7F4N3. The topological polar surface area (TPSA) is 30.7 Å². The van der Waals surface area contributed by atoms with Gasteiger partial charge in [0, 0.05) is 18.5 Å². The van der Waals surface area contributed by atoms with E-state index in [1.54, 1.807) is 18.2 Å². The molecule has 3 nitrogen and oxygen atoms in total. The van der Waals surface area contributed by atoms with E-state index in [9.17, 15) is 17.6 Å². The van der Waals surface area contributed by atoms with Crippen molar-refractivity contribution in [1.29, 1.82) is 0 Å². The lowest BCUT2D eigenvalue weighted by atomic mass is 10.2. The van der Waals surface area contributed by atoms with E-state index < -0.39 is 29.0 Å². The first-order valence-corrected chi connectivity index (χ1v) is 5.88. The number of hydrogen-bond acceptors (Lipinski definition) is 2. The Hall–Kier alpha value is -2.70. The first-order chi connectivity index (χ1) is 10.1. The monoisotopic (exact) mass is 293 g/mol. The SMILES string of the molecule is Fc1cc(F)c(F)c(-n2ccc(-c3ccccn3)n2)c1F. The normalized spacial score (nSPS) is 10.9. The number of rotatable bonds is 2. The predicted molar refractivity (Wildman–Crippen MR) is 66.6 cm³/mol. The van der Waals surface area contributed by atoms with Gasteiger partial charge in [-0.3, -0.25) is 4.98 Å². The van der Waals surface area contributed by atoms with Crippen LogP contribution in [0.5, 0.6) is 0 Å². The summed E-state index contributed by atoms with van der Waals surface area (Å²) in [6.07, 6.45) is 2.72. The van der Waals surface area contributed by atoms with Crippen molar-refractivity contribution in [3.05, 3.63) is 66.0 Å². The van der Waals surface area contributed by atoms with E-state index in [1.807, 2.05) is 0 Å². The second kappa shape index (κ2) is 5.01. The number of pyridine rings is 1. The van der Waals surface area contributed by atoms with Crippen LogP contribution in [0, 0.1) is 23.3 Å². The quantitative estimate of drug-likeness (QED) is 0.535. The van der Waals surface area contributed by atoms with Crippen molar-refractivity contribution in [2.45, 2.75) is 0 Å². The Bertz CT molecular complexity index is 773. The molecule has 0 N–H and O–H groups in total. The molecule has 0 atom stereocenters. The number of hydrogen-bond donors (Lipinski definition) is 0. The van der Waals surface area contributed by atoms with Crippen molar-refractivity contribution >= 4 is 0 Å². The maximum atomic E-state index is 13.7. The summed E-state index contributed by atoms with van der Waals surface area (Å²) in [6.45, 7) is 0. The van der Waals surface area contributed by atoms with E-state index in [0.717, 1.165) is 4.68 Å². The van der Waals surface area contributed by atoms with Crippen LogP contribution in [0.1, 0.15) is 0 Å². The summed E-state index contributed by atoms with van der Waals surface area (Å²) in [6, 6.07) is 6.64. The minimum absolute atomic E-state index is 0.150. The molecule has 0 aliphatic carbocycles. The van der Waals surface area contributed by atoms with Gasteiger partial charge >= 0.3 is 0 Å². The Balaban J connectivity index is 2.13. The third kappa shape index (κ3) is 2.26. The summed E-state index contributed by atoms with van der Waals surface area (Å²) >= 11 is 0. The average molecular weight is 293 g/mol. The van der Waals surface area contributed by atoms with Crippen LogP contribution in [0.4, 0.5) is 17.6 Å². The molecule has 1 aromatic carbocycles. The highest BCUT2D eigenvalue weighted by molar-refractivity contribution is 5.53. The van der Waals surface area contributed by atoms with E-state index in [0.29, 0.717) is 11.4 Å². The molecule has 0 saturated heterocycles. The molecule has 7 heteroatoms. The zero-order valence-corrected chi connectivity index (χ0v) is 10.4. The van der Waals surface area contributed by atoms with Crippen molar-refractivity contribution in [2.75, 3.05) is 0 Å². The van der Waals surface area contributed by atoms with Crippen molar-refractivity contribution in [3.63, 3.8) is 0 Å². The molecule has 0 spiro atoms. The molecule has 0 aliphatic heterocycles. The minimum Gasteiger partial charge on any atom is -0.255 e. The van der Waals surface area contributed by atoms with Crippen molar-refractivity contribution in [2.24, 2.45) is 0 Å². The molecule has 0 aliphatic rings. The van der Waals surface area contributed by atoms with Crippen LogP contribution in [-0.4, -0.2) is 14.8 Å². The lowest BCUT2D eigenvalue weighted by molar-refractivity contribution is 0.444. The second-order valence-corrected chi connectivity index (χ2v) is 4.18. The van der Waals surface area contributed by atoms with Crippen molar-refractivity contribution < 1.29 is 17.6 Å². The van der Waals surface area contributed by atoms with Crippen LogP contribution in [0.3, 0.4) is 0 Å². The summed E-state index contributed by atoms with van der Waals surface area (Å²) in [5.41, 5.74) is -0.123. The Morgan fingerprint density at radius 2 is 1.57 bits per heavy atom. The number of halogens is 4. The maximum Gasteiger partial charge on any atom is 0.187 e. The molecule has 0 unspecified atom stereocenters. The fraction of sp³-hybridized carbons (Fsp3) is 0. The number of aromatic nitrogens is 3. The lowest BCUT2D eigenvalue weighted by Crippen LogP contribution is -2.07. The maximum absolute atomic E-state index is 13.7. The van der Waals surface area contributed by atoms with Crippen LogP contribution >= 0.6 is 0 Å². The first-order valence-electron chi connectivity index (χ1n) is 5.88. The van der Waals surface area contributed by atoms with E-state index >= 15 is 0 Å². The molecular weight excluding hydrogens is 286 g/mol. The molecule has 106 valence electrons. The molecule has 0 saturated carbocycles. The predicted octanol–water partition coefficient (Wildman–Crippen LogP) is 3.49. The minimum atomic E-state index is -1.51. The highest BCUT2D eigenvalue weighted by Gasteiger charge is 2.21. The van der Waals surface area contributed by atoms with Gasteiger partial charge in [-0.1, -0.05) is 6.07 Å². The van der Waals surface area contributed by atoms with E-state index in [4.69, 9.17) is 0 Å². The molecule has 2 heterocycles. The highest BCUT2D eigenvalue weighted by Crippen LogP contribution is 2.24. The standard InChI is InChI=1S/C14H7F4N3/c15-8-7-9(16)13(18)14(12(8)17)21-6-4-11(20-21)10-3-1-2-5-19-10/h1-7H. The van der Waals surface area contributed by atoms with Crippen molar-refractivity contribution in [1.82, 2.24) is 14.8 Å². The zero-order valence-electron chi connectivity index (χ0n) is 10.4. The fourth-order valence-corrected chi connectivity index (χ4v) is 1.86. The van der Waals surface area contributed by atoms with Crippen LogP contribution < -0.4 is 0 Å². The summed E-state index contributed by atoms with van der Waals surface area (Å²) < 4.78 is 54.5. The molecule has 21 heavy (non-hydrogen) atoms. The van der Waals surface area contributed by atoms with Gasteiger partial charge in [-0.15, -0.1) is 0 Å². The van der Waals surface area contributed by atoms with E-state index in [2.05, 4.69) is 10.1 Å². The van der Waals surface area contributed by atoms with Gasteiger partial charge in [0.25, 0.3) is 0 Å². The van der Waals surface area contributed by atoms with Gasteiger partial charge in [0.2, 0.25) is 0 Å². The second-order valence-electron chi connectivity index (χ2n) is 4.18. The largest absolute Gasteiger partial charge is 0.255 e. The molecule has 0 bridgehead atoms. The summed E-state index contributed by atoms with van der Waals surface area (Å²) in [5.74, 6) is -5.99. The smallest absolute Gasteiger partial charge is 0.187 e. The summed E-state index contributed by atoms with van der Waals surface area (Å²) in [4.78, 5) is 4.02. The van der Waals surface area contributed by atoms with Gasteiger partial charge in [-0.25, -0.2) is 22.2 Å². The Morgan fingerprint density at radius 1 is 0.857 bits per heavy atom. The van der Waals surface area contributed by atoms with Crippen LogP contribution in [0.25, 0.3) is 17.1 Å². The van der Waals surface area contributed by atoms with Gasteiger partial charge in [-0.2, -0.15) is 5.10 Å². The number of nitrogens with zero attached hydrogens (tertiary/aromatic N) is 3. The number of benzene rings is 1. The fourth-order valence-electron chi connectivity index (χ4n) is 1.86. The van der Waals surface area contributed by atoms with Crippen molar-refractivity contribution in [3.8, 4) is 17.1 Å². The van der Waals surface area contributed by atoms with Crippen LogP contribution in [0.2, 0.25) is 0 Å². The highest BCUT2D eigenvalue weighted by atomic mass is 19.2. The lowest BCUT2D eigenvalue weighted by Gasteiger charge is -2.06. The van der Waals surface area contributed by atoms with Gasteiger partial charge in [0.1, 0.15) is 11.4 Å². The molecule has 0 amide bonds. The molecule has 0 radical (unpaired) electrons. The summed E-state index contributed by atoms with van der Waals surface area (Å²) in [7, 11) is 0. The third-order valence-corrected chi connectivity index (χ3v) is 2.83. The van der Waals surface area contributed by atoms with Gasteiger partial charge < -0.3 is 0 Å². The van der Waals surface area contributed by atoms with E-state index in [-0.39, 0.29) is 6.07 Å². The Kier molecular flexibility index (Phi) is 3.17. The zero-order chi connectivity index (χ0) is 15.0. The molecule has 2 aromatic heterocycles. The summed E-state index contributed by atoms with van der Waals surface area (Å²) in [5, 5.41) is 3.90. The first kappa shape index (κ1) is 13.3. The van der Waals surface area contributed by atoms with Crippen LogP contribution in [-0.2, 0) is 0 Å². The molecule has 3 aromatic rings. The van der Waals surface area contributed by atoms with Gasteiger partial charge in [0.05, 0.1) is 5.69 Å². The van der Waals surface area contributed by atoms with E-state index in [1.165, 1.54) is 18.5 Å². The Morgan fingerprint density at radius 3 is 2.19 bits per heavy atom.